The fraction of sp³-hybridized carbons (Fsp3) is 0.105. The second-order valence-corrected chi connectivity index (χ2v) is 5.41. The van der Waals surface area contributed by atoms with E-state index in [2.05, 4.69) is 5.32 Å². The summed E-state index contributed by atoms with van der Waals surface area (Å²) in [6, 6.07) is 17.0. The molecule has 0 unspecified atom stereocenters. The van der Waals surface area contributed by atoms with Gasteiger partial charge in [-0.15, -0.1) is 0 Å². The monoisotopic (exact) mass is 345 g/mol. The molecule has 3 aromatic rings. The van der Waals surface area contributed by atoms with E-state index in [0.29, 0.717) is 6.54 Å². The lowest BCUT2D eigenvalue weighted by Gasteiger charge is -2.07. The molecule has 0 aliphatic heterocycles. The maximum absolute atomic E-state index is 12.8. The lowest BCUT2D eigenvalue weighted by atomic mass is 10.1. The van der Waals surface area contributed by atoms with E-state index in [-0.39, 0.29) is 17.1 Å². The third kappa shape index (κ3) is 4.09. The molecule has 1 heterocycles. The minimum absolute atomic E-state index is 0.0448. The highest BCUT2D eigenvalue weighted by molar-refractivity contribution is 5.92. The zero-order valence-electron chi connectivity index (χ0n) is 13.0. The van der Waals surface area contributed by atoms with Crippen molar-refractivity contribution in [1.29, 1.82) is 0 Å². The Bertz CT molecular complexity index is 870. The molecule has 0 fully saturated rings. The van der Waals surface area contributed by atoms with Gasteiger partial charge in [-0.2, -0.15) is 13.2 Å². The van der Waals surface area contributed by atoms with Crippen molar-refractivity contribution in [2.75, 3.05) is 0 Å². The van der Waals surface area contributed by atoms with Crippen LogP contribution >= 0.6 is 0 Å². The lowest BCUT2D eigenvalue weighted by molar-refractivity contribution is -0.137. The molecule has 0 atom stereocenters. The Morgan fingerprint density at radius 1 is 0.960 bits per heavy atom. The summed E-state index contributed by atoms with van der Waals surface area (Å²) in [6.45, 7) is 0.333. The highest BCUT2D eigenvalue weighted by Crippen LogP contribution is 2.32. The van der Waals surface area contributed by atoms with Gasteiger partial charge in [0, 0.05) is 12.1 Å². The Balaban J connectivity index is 1.73. The van der Waals surface area contributed by atoms with Crippen LogP contribution in [0.25, 0.3) is 11.3 Å². The molecule has 0 aliphatic rings. The minimum atomic E-state index is -4.43. The van der Waals surface area contributed by atoms with Gasteiger partial charge in [0.05, 0.1) is 5.56 Å². The van der Waals surface area contributed by atoms with E-state index in [0.717, 1.165) is 17.7 Å². The summed E-state index contributed by atoms with van der Waals surface area (Å²) >= 11 is 0. The largest absolute Gasteiger partial charge is 0.451 e. The smallest absolute Gasteiger partial charge is 0.416 e. The average molecular weight is 345 g/mol. The summed E-state index contributed by atoms with van der Waals surface area (Å²) in [7, 11) is 0. The van der Waals surface area contributed by atoms with Crippen LogP contribution in [0, 0.1) is 0 Å². The van der Waals surface area contributed by atoms with Gasteiger partial charge >= 0.3 is 6.18 Å². The van der Waals surface area contributed by atoms with Gasteiger partial charge in [0.25, 0.3) is 5.91 Å². The minimum Gasteiger partial charge on any atom is -0.451 e. The number of amides is 1. The molecule has 3 rings (SSSR count). The molecule has 0 saturated heterocycles. The molecule has 1 N–H and O–H groups in total. The molecule has 0 aliphatic carbocycles. The number of hydrogen-bond acceptors (Lipinski definition) is 2. The summed E-state index contributed by atoms with van der Waals surface area (Å²) in [4.78, 5) is 12.1. The molecule has 0 radical (unpaired) electrons. The van der Waals surface area contributed by atoms with Crippen molar-refractivity contribution in [1.82, 2.24) is 5.32 Å². The maximum Gasteiger partial charge on any atom is 0.416 e. The SMILES string of the molecule is O=C(NCc1ccccc1)c1ccc(-c2cccc(C(F)(F)F)c2)o1. The Morgan fingerprint density at radius 3 is 2.44 bits per heavy atom. The van der Waals surface area contributed by atoms with Crippen LogP contribution < -0.4 is 5.32 Å². The molecular formula is C19H14F3NO2. The second-order valence-electron chi connectivity index (χ2n) is 5.41. The van der Waals surface area contributed by atoms with E-state index in [1.165, 1.54) is 24.3 Å². The average Bonchev–Trinajstić information content (AvgIpc) is 3.10. The van der Waals surface area contributed by atoms with Crippen LogP contribution in [0.1, 0.15) is 21.7 Å². The molecule has 128 valence electrons. The molecular weight excluding hydrogens is 331 g/mol. The third-order valence-electron chi connectivity index (χ3n) is 3.60. The van der Waals surface area contributed by atoms with Crippen molar-refractivity contribution in [3.63, 3.8) is 0 Å². The fourth-order valence-electron chi connectivity index (χ4n) is 2.33. The standard InChI is InChI=1S/C19H14F3NO2/c20-19(21,22)15-8-4-7-14(11-15)16-9-10-17(25-16)18(24)23-12-13-5-2-1-3-6-13/h1-11H,12H2,(H,23,24). The van der Waals surface area contributed by atoms with Gasteiger partial charge in [-0.05, 0) is 29.8 Å². The lowest BCUT2D eigenvalue weighted by Crippen LogP contribution is -2.22. The van der Waals surface area contributed by atoms with Gasteiger partial charge in [-0.25, -0.2) is 0 Å². The second kappa shape index (κ2) is 6.84. The van der Waals surface area contributed by atoms with E-state index in [4.69, 9.17) is 4.42 Å². The molecule has 2 aromatic carbocycles. The highest BCUT2D eigenvalue weighted by atomic mass is 19.4. The van der Waals surface area contributed by atoms with Crippen LogP contribution in [0.5, 0.6) is 0 Å². The summed E-state index contributed by atoms with van der Waals surface area (Å²) in [6.07, 6.45) is -4.43. The molecule has 3 nitrogen and oxygen atoms in total. The van der Waals surface area contributed by atoms with Gasteiger partial charge in [-0.3, -0.25) is 4.79 Å². The van der Waals surface area contributed by atoms with Crippen molar-refractivity contribution in [3.05, 3.63) is 83.6 Å². The Hall–Kier alpha value is -3.02. The van der Waals surface area contributed by atoms with E-state index in [1.54, 1.807) is 0 Å². The summed E-state index contributed by atoms with van der Waals surface area (Å²) < 4.78 is 43.8. The van der Waals surface area contributed by atoms with E-state index >= 15 is 0 Å². The Labute approximate surface area is 142 Å². The van der Waals surface area contributed by atoms with Crippen molar-refractivity contribution >= 4 is 5.91 Å². The molecule has 0 bridgehead atoms. The zero-order valence-corrected chi connectivity index (χ0v) is 13.0. The summed E-state index contributed by atoms with van der Waals surface area (Å²) in [5, 5.41) is 2.70. The van der Waals surface area contributed by atoms with Crippen LogP contribution in [-0.4, -0.2) is 5.91 Å². The first-order valence-electron chi connectivity index (χ1n) is 7.53. The first kappa shape index (κ1) is 16.8. The van der Waals surface area contributed by atoms with E-state index in [1.807, 2.05) is 30.3 Å². The van der Waals surface area contributed by atoms with Gasteiger partial charge in [0.2, 0.25) is 0 Å². The van der Waals surface area contributed by atoms with Crippen LogP contribution in [0.4, 0.5) is 13.2 Å². The van der Waals surface area contributed by atoms with Crippen molar-refractivity contribution < 1.29 is 22.4 Å². The Kier molecular flexibility index (Phi) is 4.61. The fourth-order valence-corrected chi connectivity index (χ4v) is 2.33. The molecule has 6 heteroatoms. The maximum atomic E-state index is 12.8. The number of carbonyl (C=O) groups is 1. The molecule has 1 aromatic heterocycles. The topological polar surface area (TPSA) is 42.2 Å². The van der Waals surface area contributed by atoms with Gasteiger partial charge in [-0.1, -0.05) is 42.5 Å². The van der Waals surface area contributed by atoms with Crippen LogP contribution in [0.2, 0.25) is 0 Å². The molecule has 0 spiro atoms. The zero-order chi connectivity index (χ0) is 17.9. The molecule has 0 saturated carbocycles. The number of halogens is 3. The quantitative estimate of drug-likeness (QED) is 0.731. The number of carbonyl (C=O) groups excluding carboxylic acids is 1. The number of furan rings is 1. The number of alkyl halides is 3. The first-order chi connectivity index (χ1) is 11.9. The van der Waals surface area contributed by atoms with Crippen molar-refractivity contribution in [2.45, 2.75) is 12.7 Å². The van der Waals surface area contributed by atoms with Crippen molar-refractivity contribution in [2.24, 2.45) is 0 Å². The number of rotatable bonds is 4. The van der Waals surface area contributed by atoms with Crippen LogP contribution in [-0.2, 0) is 12.7 Å². The molecule has 25 heavy (non-hydrogen) atoms. The summed E-state index contributed by atoms with van der Waals surface area (Å²) in [5.41, 5.74) is 0.425. The predicted octanol–water partition coefficient (Wildman–Crippen LogP) is 4.90. The Morgan fingerprint density at radius 2 is 1.72 bits per heavy atom. The molecule has 1 amide bonds. The van der Waals surface area contributed by atoms with Gasteiger partial charge < -0.3 is 9.73 Å². The predicted molar refractivity (Wildman–Crippen MR) is 86.8 cm³/mol. The van der Waals surface area contributed by atoms with Crippen molar-refractivity contribution in [3.8, 4) is 11.3 Å². The summed E-state index contributed by atoms with van der Waals surface area (Å²) in [5.74, 6) is -0.179. The van der Waals surface area contributed by atoms with Gasteiger partial charge in [0.1, 0.15) is 5.76 Å². The normalized spacial score (nSPS) is 11.3. The van der Waals surface area contributed by atoms with Crippen LogP contribution in [0.3, 0.4) is 0 Å². The van der Waals surface area contributed by atoms with E-state index in [9.17, 15) is 18.0 Å². The number of benzene rings is 2. The van der Waals surface area contributed by atoms with Crippen LogP contribution in [0.15, 0.2) is 71.1 Å². The number of hydrogen-bond donors (Lipinski definition) is 1. The highest BCUT2D eigenvalue weighted by Gasteiger charge is 2.30. The number of nitrogens with one attached hydrogen (secondary N) is 1. The van der Waals surface area contributed by atoms with Gasteiger partial charge in [0.15, 0.2) is 5.76 Å². The first-order valence-corrected chi connectivity index (χ1v) is 7.53. The third-order valence-corrected chi connectivity index (χ3v) is 3.60. The van der Waals surface area contributed by atoms with E-state index < -0.39 is 17.6 Å².